The molecule has 2 rings (SSSR count). The zero-order valence-electron chi connectivity index (χ0n) is 11.8. The number of hydrogen-bond acceptors (Lipinski definition) is 2. The number of aryl methyl sites for hydroxylation is 3. The summed E-state index contributed by atoms with van der Waals surface area (Å²) in [6.07, 6.45) is 1.77. The third-order valence-electron chi connectivity index (χ3n) is 3.14. The number of rotatable bonds is 3. The second-order valence-corrected chi connectivity index (χ2v) is 5.48. The highest BCUT2D eigenvalue weighted by atomic mass is 35.5. The second kappa shape index (κ2) is 5.62. The van der Waals surface area contributed by atoms with Gasteiger partial charge >= 0.3 is 0 Å². The van der Waals surface area contributed by atoms with Gasteiger partial charge in [-0.2, -0.15) is 0 Å². The molecule has 0 fully saturated rings. The topological polar surface area (TPSA) is 24.9 Å². The van der Waals surface area contributed by atoms with Crippen LogP contribution in [-0.2, 0) is 0 Å². The Morgan fingerprint density at radius 3 is 2.26 bits per heavy atom. The fourth-order valence-corrected chi connectivity index (χ4v) is 2.33. The molecule has 1 unspecified atom stereocenters. The molecule has 1 N–H and O–H groups in total. The molecule has 0 aliphatic carbocycles. The van der Waals surface area contributed by atoms with E-state index in [1.54, 1.807) is 6.20 Å². The van der Waals surface area contributed by atoms with Crippen molar-refractivity contribution in [3.63, 3.8) is 0 Å². The zero-order chi connectivity index (χ0) is 14.0. The molecule has 3 heteroatoms. The van der Waals surface area contributed by atoms with Crippen molar-refractivity contribution in [1.82, 2.24) is 4.98 Å². The number of halogens is 1. The second-order valence-electron chi connectivity index (χ2n) is 5.12. The van der Waals surface area contributed by atoms with Crippen molar-refractivity contribution in [2.24, 2.45) is 0 Å². The van der Waals surface area contributed by atoms with Gasteiger partial charge in [-0.3, -0.25) is 0 Å². The molecular formula is C16H19ClN2. The fraction of sp³-hybridized carbons (Fsp3) is 0.312. The van der Waals surface area contributed by atoms with Gasteiger partial charge in [0.1, 0.15) is 5.15 Å². The van der Waals surface area contributed by atoms with Gasteiger partial charge in [-0.05, 0) is 44.9 Å². The molecule has 0 saturated heterocycles. The lowest BCUT2D eigenvalue weighted by atomic mass is 10.0. The molecule has 1 aromatic carbocycles. The molecule has 19 heavy (non-hydrogen) atoms. The van der Waals surface area contributed by atoms with Gasteiger partial charge in [-0.15, -0.1) is 0 Å². The quantitative estimate of drug-likeness (QED) is 0.811. The molecule has 0 aliphatic rings. The Hall–Kier alpha value is -1.54. The number of aromatic nitrogens is 1. The first kappa shape index (κ1) is 13.9. The van der Waals surface area contributed by atoms with Gasteiger partial charge in [0.25, 0.3) is 0 Å². The average molecular weight is 275 g/mol. The molecule has 0 bridgehead atoms. The molecule has 0 saturated carbocycles. The lowest BCUT2D eigenvalue weighted by Crippen LogP contribution is -2.07. The average Bonchev–Trinajstić information content (AvgIpc) is 2.32. The van der Waals surface area contributed by atoms with E-state index in [4.69, 9.17) is 11.6 Å². The third kappa shape index (κ3) is 3.48. The Balaban J connectivity index is 2.20. The van der Waals surface area contributed by atoms with E-state index in [1.165, 1.54) is 16.7 Å². The third-order valence-corrected chi connectivity index (χ3v) is 3.54. The highest BCUT2D eigenvalue weighted by Crippen LogP contribution is 2.23. The van der Waals surface area contributed by atoms with Crippen LogP contribution in [0.5, 0.6) is 0 Å². The highest BCUT2D eigenvalue weighted by molar-refractivity contribution is 6.30. The summed E-state index contributed by atoms with van der Waals surface area (Å²) in [6, 6.07) is 8.86. The summed E-state index contributed by atoms with van der Waals surface area (Å²) in [5, 5.41) is 4.02. The monoisotopic (exact) mass is 274 g/mol. The largest absolute Gasteiger partial charge is 0.377 e. The maximum absolute atomic E-state index is 5.94. The van der Waals surface area contributed by atoms with Crippen LogP contribution in [0.1, 0.15) is 35.2 Å². The zero-order valence-corrected chi connectivity index (χ0v) is 12.5. The molecule has 0 radical (unpaired) electrons. The van der Waals surface area contributed by atoms with Crippen molar-refractivity contribution in [3.05, 3.63) is 57.9 Å². The molecule has 0 amide bonds. The Labute approximate surface area is 119 Å². The Bertz CT molecular complexity index is 573. The summed E-state index contributed by atoms with van der Waals surface area (Å²) in [6.45, 7) is 8.36. The van der Waals surface area contributed by atoms with Crippen LogP contribution in [0.3, 0.4) is 0 Å². The van der Waals surface area contributed by atoms with Gasteiger partial charge in [-0.25, -0.2) is 4.98 Å². The van der Waals surface area contributed by atoms with Crippen molar-refractivity contribution >= 4 is 17.3 Å². The minimum Gasteiger partial charge on any atom is -0.377 e. The summed E-state index contributed by atoms with van der Waals surface area (Å²) < 4.78 is 0. The van der Waals surface area contributed by atoms with Gasteiger partial charge in [0.2, 0.25) is 0 Å². The summed E-state index contributed by atoms with van der Waals surface area (Å²) in [4.78, 5) is 4.16. The molecule has 1 atom stereocenters. The first-order chi connectivity index (χ1) is 8.95. The Morgan fingerprint density at radius 1 is 1.05 bits per heavy atom. The van der Waals surface area contributed by atoms with E-state index in [-0.39, 0.29) is 6.04 Å². The van der Waals surface area contributed by atoms with Crippen LogP contribution < -0.4 is 5.32 Å². The summed E-state index contributed by atoms with van der Waals surface area (Å²) in [5.41, 5.74) is 5.83. The van der Waals surface area contributed by atoms with Crippen molar-refractivity contribution in [1.29, 1.82) is 0 Å². The minimum absolute atomic E-state index is 0.237. The smallest absolute Gasteiger partial charge is 0.132 e. The molecule has 1 aromatic heterocycles. The molecule has 100 valence electrons. The van der Waals surface area contributed by atoms with Crippen LogP contribution in [0.2, 0.25) is 5.15 Å². The van der Waals surface area contributed by atoms with E-state index in [0.717, 1.165) is 11.3 Å². The predicted octanol–water partition coefficient (Wildman–Crippen LogP) is 4.83. The SMILES string of the molecule is Cc1cc(C)cc(C(C)Nc2cnc(Cl)c(C)c2)c1. The van der Waals surface area contributed by atoms with Crippen molar-refractivity contribution in [3.8, 4) is 0 Å². The van der Waals surface area contributed by atoms with Gasteiger partial charge < -0.3 is 5.32 Å². The molecule has 0 spiro atoms. The minimum atomic E-state index is 0.237. The molecular weight excluding hydrogens is 256 g/mol. The van der Waals surface area contributed by atoms with Gasteiger partial charge in [-0.1, -0.05) is 40.9 Å². The Morgan fingerprint density at radius 2 is 1.68 bits per heavy atom. The van der Waals surface area contributed by atoms with Crippen molar-refractivity contribution in [2.45, 2.75) is 33.7 Å². The normalized spacial score (nSPS) is 12.3. The summed E-state index contributed by atoms with van der Waals surface area (Å²) in [5.74, 6) is 0. The summed E-state index contributed by atoms with van der Waals surface area (Å²) in [7, 11) is 0. The van der Waals surface area contributed by atoms with Crippen LogP contribution in [0.25, 0.3) is 0 Å². The fourth-order valence-electron chi connectivity index (χ4n) is 2.23. The number of nitrogens with one attached hydrogen (secondary N) is 1. The Kier molecular flexibility index (Phi) is 4.11. The van der Waals surface area contributed by atoms with E-state index in [1.807, 2.05) is 13.0 Å². The van der Waals surface area contributed by atoms with E-state index in [9.17, 15) is 0 Å². The van der Waals surface area contributed by atoms with Crippen LogP contribution in [0.4, 0.5) is 5.69 Å². The first-order valence-corrected chi connectivity index (χ1v) is 6.80. The van der Waals surface area contributed by atoms with Gasteiger partial charge in [0.05, 0.1) is 11.9 Å². The van der Waals surface area contributed by atoms with Crippen LogP contribution in [-0.4, -0.2) is 4.98 Å². The maximum Gasteiger partial charge on any atom is 0.132 e. The number of pyridine rings is 1. The maximum atomic E-state index is 5.94. The lowest BCUT2D eigenvalue weighted by molar-refractivity contribution is 0.878. The first-order valence-electron chi connectivity index (χ1n) is 6.42. The molecule has 1 heterocycles. The van der Waals surface area contributed by atoms with Crippen LogP contribution >= 0.6 is 11.6 Å². The molecule has 0 aliphatic heterocycles. The molecule has 2 nitrogen and oxygen atoms in total. The molecule has 2 aromatic rings. The number of benzene rings is 1. The van der Waals surface area contributed by atoms with Gasteiger partial charge in [0.15, 0.2) is 0 Å². The number of nitrogens with zero attached hydrogens (tertiary/aromatic N) is 1. The number of anilines is 1. The van der Waals surface area contributed by atoms with Crippen LogP contribution in [0.15, 0.2) is 30.5 Å². The summed E-state index contributed by atoms with van der Waals surface area (Å²) >= 11 is 5.94. The lowest BCUT2D eigenvalue weighted by Gasteiger charge is -2.17. The van der Waals surface area contributed by atoms with Gasteiger partial charge in [0, 0.05) is 6.04 Å². The van der Waals surface area contributed by atoms with E-state index in [0.29, 0.717) is 5.15 Å². The van der Waals surface area contributed by atoms with Crippen molar-refractivity contribution in [2.75, 3.05) is 5.32 Å². The van der Waals surface area contributed by atoms with E-state index in [2.05, 4.69) is 49.3 Å². The van der Waals surface area contributed by atoms with E-state index >= 15 is 0 Å². The van der Waals surface area contributed by atoms with E-state index < -0.39 is 0 Å². The highest BCUT2D eigenvalue weighted by Gasteiger charge is 2.07. The van der Waals surface area contributed by atoms with Crippen molar-refractivity contribution < 1.29 is 0 Å². The standard InChI is InChI=1S/C16H19ClN2/c1-10-5-11(2)7-14(6-10)13(4)19-15-8-12(3)16(17)18-9-15/h5-9,13,19H,1-4H3. The van der Waals surface area contributed by atoms with Crippen LogP contribution in [0, 0.1) is 20.8 Å². The number of hydrogen-bond donors (Lipinski definition) is 1. The predicted molar refractivity (Wildman–Crippen MR) is 81.9 cm³/mol.